The van der Waals surface area contributed by atoms with Crippen LogP contribution in [0.25, 0.3) is 0 Å². The average molecular weight is 216 g/mol. The quantitative estimate of drug-likeness (QED) is 0.744. The van der Waals surface area contributed by atoms with Crippen LogP contribution in [0.2, 0.25) is 0 Å². The van der Waals surface area contributed by atoms with Crippen molar-refractivity contribution < 1.29 is 4.79 Å². The number of carbonyl (C=O) groups is 1. The SMILES string of the molecule is [CH2]Cc1ccc(C(=O)N2CCCCC2)cc1. The van der Waals surface area contributed by atoms with Crippen LogP contribution in [-0.4, -0.2) is 23.9 Å². The summed E-state index contributed by atoms with van der Waals surface area (Å²) in [6, 6.07) is 7.81. The zero-order valence-electron chi connectivity index (χ0n) is 9.61. The van der Waals surface area contributed by atoms with Crippen LogP contribution in [0.4, 0.5) is 0 Å². The van der Waals surface area contributed by atoms with Crippen molar-refractivity contribution in [1.29, 1.82) is 0 Å². The Morgan fingerprint density at radius 1 is 1.12 bits per heavy atom. The Morgan fingerprint density at radius 3 is 2.31 bits per heavy atom. The Balaban J connectivity index is 2.07. The van der Waals surface area contributed by atoms with Crippen molar-refractivity contribution in [2.75, 3.05) is 13.1 Å². The molecule has 0 bridgehead atoms. The molecule has 2 heteroatoms. The predicted molar refractivity (Wildman–Crippen MR) is 65.3 cm³/mol. The monoisotopic (exact) mass is 216 g/mol. The molecule has 0 aromatic heterocycles. The smallest absolute Gasteiger partial charge is 0.253 e. The number of amides is 1. The van der Waals surface area contributed by atoms with E-state index in [0.717, 1.165) is 37.9 Å². The highest BCUT2D eigenvalue weighted by atomic mass is 16.2. The zero-order valence-corrected chi connectivity index (χ0v) is 9.61. The first-order chi connectivity index (χ1) is 7.81. The van der Waals surface area contributed by atoms with E-state index in [4.69, 9.17) is 0 Å². The summed E-state index contributed by atoms with van der Waals surface area (Å²) in [6.07, 6.45) is 4.31. The van der Waals surface area contributed by atoms with Gasteiger partial charge < -0.3 is 4.90 Å². The molecule has 2 nitrogen and oxygen atoms in total. The molecule has 1 radical (unpaired) electrons. The summed E-state index contributed by atoms with van der Waals surface area (Å²) in [7, 11) is 0. The second-order valence-corrected chi connectivity index (χ2v) is 4.30. The van der Waals surface area contributed by atoms with Gasteiger partial charge in [0, 0.05) is 18.7 Å². The average Bonchev–Trinajstić information content (AvgIpc) is 2.39. The third-order valence-corrected chi connectivity index (χ3v) is 3.13. The van der Waals surface area contributed by atoms with E-state index in [1.807, 2.05) is 29.2 Å². The zero-order chi connectivity index (χ0) is 11.4. The lowest BCUT2D eigenvalue weighted by molar-refractivity contribution is 0.0724. The summed E-state index contributed by atoms with van der Waals surface area (Å²) in [5.41, 5.74) is 1.98. The van der Waals surface area contributed by atoms with Crippen molar-refractivity contribution in [3.63, 3.8) is 0 Å². The van der Waals surface area contributed by atoms with Gasteiger partial charge >= 0.3 is 0 Å². The van der Waals surface area contributed by atoms with Gasteiger partial charge in [-0.1, -0.05) is 12.1 Å². The molecule has 1 aliphatic rings. The second kappa shape index (κ2) is 5.15. The highest BCUT2D eigenvalue weighted by Gasteiger charge is 2.17. The fraction of sp³-hybridized carbons (Fsp3) is 0.429. The van der Waals surface area contributed by atoms with E-state index in [-0.39, 0.29) is 5.91 Å². The van der Waals surface area contributed by atoms with Crippen molar-refractivity contribution >= 4 is 5.91 Å². The number of rotatable bonds is 2. The van der Waals surface area contributed by atoms with Gasteiger partial charge in [0.05, 0.1) is 0 Å². The minimum absolute atomic E-state index is 0.176. The predicted octanol–water partition coefficient (Wildman–Crippen LogP) is 2.69. The van der Waals surface area contributed by atoms with Crippen molar-refractivity contribution in [2.24, 2.45) is 0 Å². The van der Waals surface area contributed by atoms with E-state index in [1.54, 1.807) is 0 Å². The number of hydrogen-bond acceptors (Lipinski definition) is 1. The molecular formula is C14H18NO. The van der Waals surface area contributed by atoms with E-state index < -0.39 is 0 Å². The third kappa shape index (κ3) is 2.43. The molecule has 1 heterocycles. The van der Waals surface area contributed by atoms with Gasteiger partial charge in [-0.3, -0.25) is 4.79 Å². The van der Waals surface area contributed by atoms with Crippen LogP contribution in [0.1, 0.15) is 35.2 Å². The van der Waals surface area contributed by atoms with E-state index >= 15 is 0 Å². The van der Waals surface area contributed by atoms with Crippen LogP contribution < -0.4 is 0 Å². The summed E-state index contributed by atoms with van der Waals surface area (Å²) in [6.45, 7) is 5.65. The topological polar surface area (TPSA) is 20.3 Å². The summed E-state index contributed by atoms with van der Waals surface area (Å²) in [4.78, 5) is 14.1. The van der Waals surface area contributed by atoms with Gasteiger partial charge in [0.15, 0.2) is 0 Å². The molecular weight excluding hydrogens is 198 g/mol. The van der Waals surface area contributed by atoms with Crippen molar-refractivity contribution in [1.82, 2.24) is 4.90 Å². The first kappa shape index (κ1) is 11.2. The molecule has 1 aliphatic heterocycles. The number of piperidine rings is 1. The maximum Gasteiger partial charge on any atom is 0.253 e. The largest absolute Gasteiger partial charge is 0.339 e. The lowest BCUT2D eigenvalue weighted by Gasteiger charge is -2.26. The minimum Gasteiger partial charge on any atom is -0.339 e. The third-order valence-electron chi connectivity index (χ3n) is 3.13. The van der Waals surface area contributed by atoms with Gasteiger partial charge in [-0.05, 0) is 50.3 Å². The number of benzene rings is 1. The van der Waals surface area contributed by atoms with Gasteiger partial charge in [0.2, 0.25) is 0 Å². The van der Waals surface area contributed by atoms with Gasteiger partial charge in [-0.2, -0.15) is 0 Å². The van der Waals surface area contributed by atoms with E-state index in [1.165, 1.54) is 12.0 Å². The summed E-state index contributed by atoms with van der Waals surface area (Å²) >= 11 is 0. The van der Waals surface area contributed by atoms with Gasteiger partial charge in [0.1, 0.15) is 0 Å². The van der Waals surface area contributed by atoms with Crippen molar-refractivity contribution in [3.05, 3.63) is 42.3 Å². The molecule has 1 saturated heterocycles. The molecule has 0 saturated carbocycles. The van der Waals surface area contributed by atoms with Crippen LogP contribution in [0, 0.1) is 6.92 Å². The van der Waals surface area contributed by atoms with Crippen LogP contribution in [0.15, 0.2) is 24.3 Å². The maximum atomic E-state index is 12.1. The standard InChI is InChI=1S/C14H18NO/c1-2-12-6-8-13(9-7-12)14(16)15-10-4-3-5-11-15/h6-9H,1-5,10-11H2. The van der Waals surface area contributed by atoms with Crippen molar-refractivity contribution in [2.45, 2.75) is 25.7 Å². The molecule has 1 aromatic carbocycles. The van der Waals surface area contributed by atoms with Gasteiger partial charge in [0.25, 0.3) is 5.91 Å². The molecule has 0 N–H and O–H groups in total. The Labute approximate surface area is 97.3 Å². The van der Waals surface area contributed by atoms with Crippen molar-refractivity contribution in [3.8, 4) is 0 Å². The molecule has 1 aromatic rings. The van der Waals surface area contributed by atoms with E-state index in [0.29, 0.717) is 0 Å². The molecule has 0 aliphatic carbocycles. The Morgan fingerprint density at radius 2 is 1.75 bits per heavy atom. The van der Waals surface area contributed by atoms with Crippen LogP contribution >= 0.6 is 0 Å². The Bertz CT molecular complexity index is 350. The van der Waals surface area contributed by atoms with Gasteiger partial charge in [-0.15, -0.1) is 0 Å². The fourth-order valence-corrected chi connectivity index (χ4v) is 2.09. The molecule has 1 fully saturated rings. The normalized spacial score (nSPS) is 16.2. The highest BCUT2D eigenvalue weighted by molar-refractivity contribution is 5.94. The van der Waals surface area contributed by atoms with E-state index in [2.05, 4.69) is 6.92 Å². The molecule has 0 atom stereocenters. The number of nitrogens with zero attached hydrogens (tertiary/aromatic N) is 1. The minimum atomic E-state index is 0.176. The van der Waals surface area contributed by atoms with E-state index in [9.17, 15) is 4.79 Å². The lowest BCUT2D eigenvalue weighted by atomic mass is 10.1. The maximum absolute atomic E-state index is 12.1. The first-order valence-corrected chi connectivity index (χ1v) is 5.99. The molecule has 16 heavy (non-hydrogen) atoms. The molecule has 2 rings (SSSR count). The molecule has 85 valence electrons. The Hall–Kier alpha value is -1.31. The lowest BCUT2D eigenvalue weighted by Crippen LogP contribution is -2.35. The second-order valence-electron chi connectivity index (χ2n) is 4.30. The van der Waals surface area contributed by atoms with Gasteiger partial charge in [-0.25, -0.2) is 0 Å². The fourth-order valence-electron chi connectivity index (χ4n) is 2.09. The highest BCUT2D eigenvalue weighted by Crippen LogP contribution is 2.13. The molecule has 0 spiro atoms. The Kier molecular flexibility index (Phi) is 3.60. The summed E-state index contributed by atoms with van der Waals surface area (Å²) < 4.78 is 0. The summed E-state index contributed by atoms with van der Waals surface area (Å²) in [5, 5.41) is 0. The van der Waals surface area contributed by atoms with Crippen LogP contribution in [0.5, 0.6) is 0 Å². The molecule has 1 amide bonds. The first-order valence-electron chi connectivity index (χ1n) is 5.99. The summed E-state index contributed by atoms with van der Waals surface area (Å²) in [5.74, 6) is 0.176. The number of hydrogen-bond donors (Lipinski definition) is 0. The van der Waals surface area contributed by atoms with Crippen LogP contribution in [-0.2, 0) is 6.42 Å². The number of carbonyl (C=O) groups excluding carboxylic acids is 1. The van der Waals surface area contributed by atoms with Crippen LogP contribution in [0.3, 0.4) is 0 Å². The number of likely N-dealkylation sites (tertiary alicyclic amines) is 1. The molecule has 0 unspecified atom stereocenters.